The number of methoxy groups -OCH3 is 3. The first-order valence-corrected chi connectivity index (χ1v) is 8.80. The van der Waals surface area contributed by atoms with Gasteiger partial charge in [-0.1, -0.05) is 25.1 Å². The molecule has 0 saturated heterocycles. The fourth-order valence-corrected chi connectivity index (χ4v) is 2.79. The van der Waals surface area contributed by atoms with Gasteiger partial charge in [0.05, 0.1) is 27.5 Å². The maximum Gasteiger partial charge on any atom is 0.249 e. The third-order valence-electron chi connectivity index (χ3n) is 4.14. The molecule has 1 heterocycles. The summed E-state index contributed by atoms with van der Waals surface area (Å²) >= 11 is 0. The van der Waals surface area contributed by atoms with Crippen molar-refractivity contribution in [3.63, 3.8) is 0 Å². The smallest absolute Gasteiger partial charge is 0.249 e. The van der Waals surface area contributed by atoms with Crippen LogP contribution in [0.25, 0.3) is 0 Å². The fourth-order valence-electron chi connectivity index (χ4n) is 2.79. The molecule has 1 aromatic heterocycles. The first-order valence-electron chi connectivity index (χ1n) is 8.80. The number of nitrogens with one attached hydrogen (secondary N) is 2. The molecule has 0 atom stereocenters. The highest BCUT2D eigenvalue weighted by Crippen LogP contribution is 2.40. The zero-order valence-electron chi connectivity index (χ0n) is 16.3. The van der Waals surface area contributed by atoms with E-state index in [0.29, 0.717) is 34.7 Å². The van der Waals surface area contributed by atoms with Crippen molar-refractivity contribution in [3.8, 4) is 17.2 Å². The highest BCUT2D eigenvalue weighted by Gasteiger charge is 2.14. The number of aromatic nitrogens is 3. The van der Waals surface area contributed by atoms with Crippen molar-refractivity contribution in [2.45, 2.75) is 13.3 Å². The summed E-state index contributed by atoms with van der Waals surface area (Å²) < 4.78 is 16.1. The number of aryl methyl sites for hydroxylation is 1. The second kappa shape index (κ2) is 8.90. The van der Waals surface area contributed by atoms with Gasteiger partial charge in [0.25, 0.3) is 0 Å². The van der Waals surface area contributed by atoms with E-state index < -0.39 is 0 Å². The predicted octanol–water partition coefficient (Wildman–Crippen LogP) is 3.95. The van der Waals surface area contributed by atoms with Gasteiger partial charge in [0.2, 0.25) is 11.7 Å². The monoisotopic (exact) mass is 381 g/mol. The van der Waals surface area contributed by atoms with E-state index in [2.05, 4.69) is 38.8 Å². The van der Waals surface area contributed by atoms with E-state index in [0.717, 1.165) is 12.1 Å². The van der Waals surface area contributed by atoms with Crippen LogP contribution >= 0.6 is 0 Å². The molecule has 3 rings (SSSR count). The van der Waals surface area contributed by atoms with E-state index in [1.165, 1.54) is 5.56 Å². The molecule has 0 radical (unpaired) electrons. The Kier molecular flexibility index (Phi) is 6.11. The number of hydrogen-bond acceptors (Lipinski definition) is 8. The lowest BCUT2D eigenvalue weighted by Gasteiger charge is -2.15. The van der Waals surface area contributed by atoms with Crippen LogP contribution in [0.3, 0.4) is 0 Å². The van der Waals surface area contributed by atoms with Crippen LogP contribution in [-0.4, -0.2) is 36.5 Å². The second-order valence-electron chi connectivity index (χ2n) is 5.84. The van der Waals surface area contributed by atoms with Gasteiger partial charge in [-0.05, 0) is 18.1 Å². The Balaban J connectivity index is 1.85. The van der Waals surface area contributed by atoms with Crippen molar-refractivity contribution in [1.82, 2.24) is 15.2 Å². The minimum Gasteiger partial charge on any atom is -0.493 e. The van der Waals surface area contributed by atoms with Gasteiger partial charge in [-0.25, -0.2) is 0 Å². The Labute approximate surface area is 163 Å². The van der Waals surface area contributed by atoms with Gasteiger partial charge < -0.3 is 24.8 Å². The highest BCUT2D eigenvalue weighted by molar-refractivity contribution is 5.66. The van der Waals surface area contributed by atoms with Gasteiger partial charge in [0.15, 0.2) is 17.3 Å². The highest BCUT2D eigenvalue weighted by atomic mass is 16.5. The summed E-state index contributed by atoms with van der Waals surface area (Å²) in [7, 11) is 4.69. The van der Waals surface area contributed by atoms with Gasteiger partial charge >= 0.3 is 0 Å². The van der Waals surface area contributed by atoms with E-state index in [9.17, 15) is 0 Å². The van der Waals surface area contributed by atoms with Crippen molar-refractivity contribution in [3.05, 3.63) is 48.2 Å². The summed E-state index contributed by atoms with van der Waals surface area (Å²) in [5, 5.41) is 14.5. The van der Waals surface area contributed by atoms with Crippen molar-refractivity contribution >= 4 is 23.1 Å². The van der Waals surface area contributed by atoms with E-state index in [4.69, 9.17) is 14.2 Å². The van der Waals surface area contributed by atoms with Crippen molar-refractivity contribution in [1.29, 1.82) is 0 Å². The van der Waals surface area contributed by atoms with E-state index in [1.807, 2.05) is 18.2 Å². The number of para-hydroxylation sites is 1. The number of rotatable bonds is 8. The molecule has 0 saturated carbocycles. The topological polar surface area (TPSA) is 90.4 Å². The maximum atomic E-state index is 5.37. The first kappa shape index (κ1) is 19.2. The lowest BCUT2D eigenvalue weighted by atomic mass is 10.1. The molecule has 0 unspecified atom stereocenters. The van der Waals surface area contributed by atoms with E-state index >= 15 is 0 Å². The van der Waals surface area contributed by atoms with Gasteiger partial charge in [-0.3, -0.25) is 0 Å². The predicted molar refractivity (Wildman–Crippen MR) is 108 cm³/mol. The SMILES string of the molecule is CCc1ccccc1Nc1cnnc(Nc2cc(OC)c(OC)c(OC)c2)n1. The standard InChI is InChI=1S/C20H23N5O3/c1-5-13-8-6-7-9-15(13)23-18-12-21-25-20(24-18)22-14-10-16(26-2)19(28-4)17(11-14)27-3/h6-12H,5H2,1-4H3,(H2,22,23,24,25). The van der Waals surface area contributed by atoms with Gasteiger partial charge in [-0.15, -0.1) is 5.10 Å². The zero-order valence-corrected chi connectivity index (χ0v) is 16.3. The maximum absolute atomic E-state index is 5.37. The van der Waals surface area contributed by atoms with Crippen LogP contribution in [0.4, 0.5) is 23.1 Å². The van der Waals surface area contributed by atoms with Crippen LogP contribution < -0.4 is 24.8 Å². The average Bonchev–Trinajstić information content (AvgIpc) is 2.73. The van der Waals surface area contributed by atoms with Gasteiger partial charge in [0, 0.05) is 23.5 Å². The normalized spacial score (nSPS) is 10.3. The molecule has 2 aromatic carbocycles. The Morgan fingerprint density at radius 3 is 2.29 bits per heavy atom. The summed E-state index contributed by atoms with van der Waals surface area (Å²) in [6, 6.07) is 11.6. The molecule has 0 bridgehead atoms. The number of ether oxygens (including phenoxy) is 3. The molecule has 0 spiro atoms. The minimum atomic E-state index is 0.341. The molecule has 0 fully saturated rings. The Morgan fingerprint density at radius 2 is 1.64 bits per heavy atom. The number of anilines is 4. The van der Waals surface area contributed by atoms with Crippen molar-refractivity contribution in [2.75, 3.05) is 32.0 Å². The van der Waals surface area contributed by atoms with Crippen LogP contribution in [0.1, 0.15) is 12.5 Å². The van der Waals surface area contributed by atoms with E-state index in [-0.39, 0.29) is 0 Å². The van der Waals surface area contributed by atoms with E-state index in [1.54, 1.807) is 39.7 Å². The average molecular weight is 381 g/mol. The Bertz CT molecular complexity index is 924. The first-order chi connectivity index (χ1) is 13.7. The van der Waals surface area contributed by atoms with Crippen LogP contribution in [0.5, 0.6) is 17.2 Å². The lowest BCUT2D eigenvalue weighted by molar-refractivity contribution is 0.324. The quantitative estimate of drug-likeness (QED) is 0.606. The molecule has 3 aromatic rings. The van der Waals surface area contributed by atoms with Gasteiger partial charge in [-0.2, -0.15) is 10.1 Å². The number of nitrogens with zero attached hydrogens (tertiary/aromatic N) is 3. The molecular weight excluding hydrogens is 358 g/mol. The molecule has 0 aliphatic carbocycles. The summed E-state index contributed by atoms with van der Waals surface area (Å²) in [6.45, 7) is 2.11. The van der Waals surface area contributed by atoms with Crippen LogP contribution in [-0.2, 0) is 6.42 Å². The van der Waals surface area contributed by atoms with Crippen molar-refractivity contribution < 1.29 is 14.2 Å². The molecular formula is C20H23N5O3. The number of hydrogen-bond donors (Lipinski definition) is 2. The Hall–Kier alpha value is -3.55. The minimum absolute atomic E-state index is 0.341. The molecule has 28 heavy (non-hydrogen) atoms. The molecule has 0 aliphatic heterocycles. The third-order valence-corrected chi connectivity index (χ3v) is 4.14. The summed E-state index contributed by atoms with van der Waals surface area (Å²) in [5.41, 5.74) is 2.87. The third kappa shape index (κ3) is 4.22. The molecule has 8 heteroatoms. The molecule has 8 nitrogen and oxygen atoms in total. The van der Waals surface area contributed by atoms with Gasteiger partial charge in [0.1, 0.15) is 0 Å². The molecule has 0 amide bonds. The fraction of sp³-hybridized carbons (Fsp3) is 0.250. The molecule has 2 N–H and O–H groups in total. The summed E-state index contributed by atoms with van der Waals surface area (Å²) in [4.78, 5) is 4.48. The largest absolute Gasteiger partial charge is 0.493 e. The lowest BCUT2D eigenvalue weighted by Crippen LogP contribution is -2.04. The molecule has 0 aliphatic rings. The summed E-state index contributed by atoms with van der Waals surface area (Å²) in [5.74, 6) is 2.51. The second-order valence-corrected chi connectivity index (χ2v) is 5.84. The van der Waals surface area contributed by atoms with Crippen LogP contribution in [0, 0.1) is 0 Å². The molecule has 146 valence electrons. The summed E-state index contributed by atoms with van der Waals surface area (Å²) in [6.07, 6.45) is 2.49. The van der Waals surface area contributed by atoms with Crippen molar-refractivity contribution in [2.24, 2.45) is 0 Å². The zero-order chi connectivity index (χ0) is 19.9. The Morgan fingerprint density at radius 1 is 0.929 bits per heavy atom. The van der Waals surface area contributed by atoms with Crippen LogP contribution in [0.2, 0.25) is 0 Å². The number of benzene rings is 2. The van der Waals surface area contributed by atoms with Crippen LogP contribution in [0.15, 0.2) is 42.6 Å².